The number of amides is 2. The molecule has 0 aromatic heterocycles. The zero-order chi connectivity index (χ0) is 20.3. The van der Waals surface area contributed by atoms with Gasteiger partial charge in [-0.1, -0.05) is 23.2 Å². The van der Waals surface area contributed by atoms with Gasteiger partial charge >= 0.3 is 0 Å². The zero-order valence-electron chi connectivity index (χ0n) is 15.0. The molecular formula is C19H16Cl2N2O4S. The molecule has 0 saturated carbocycles. The highest BCUT2D eigenvalue weighted by Crippen LogP contribution is 2.35. The topological polar surface area (TPSA) is 67.9 Å². The molecule has 1 aliphatic rings. The molecule has 0 radical (unpaired) electrons. The first-order valence-corrected chi connectivity index (χ1v) is 9.66. The number of rotatable bonds is 6. The van der Waals surface area contributed by atoms with Gasteiger partial charge in [0.2, 0.25) is 0 Å². The summed E-state index contributed by atoms with van der Waals surface area (Å²) < 4.78 is 10.5. The number of ether oxygens (including phenoxy) is 2. The number of methoxy groups -OCH3 is 2. The maximum Gasteiger partial charge on any atom is 0.295 e. The Kier molecular flexibility index (Phi) is 6.39. The fourth-order valence-electron chi connectivity index (χ4n) is 2.49. The summed E-state index contributed by atoms with van der Waals surface area (Å²) in [5.74, 6) is 0.786. The van der Waals surface area contributed by atoms with Gasteiger partial charge in [0.1, 0.15) is 11.5 Å². The largest absolute Gasteiger partial charge is 0.497 e. The minimum absolute atomic E-state index is 0.0136. The minimum atomic E-state index is -0.388. The van der Waals surface area contributed by atoms with E-state index >= 15 is 0 Å². The molecule has 2 aromatic rings. The van der Waals surface area contributed by atoms with Crippen LogP contribution in [-0.2, 0) is 4.79 Å². The molecule has 0 unspecified atom stereocenters. The summed E-state index contributed by atoms with van der Waals surface area (Å²) in [4.78, 5) is 26.3. The lowest BCUT2D eigenvalue weighted by Gasteiger charge is -2.14. The number of halogens is 2. The van der Waals surface area contributed by atoms with E-state index in [-0.39, 0.29) is 17.8 Å². The second kappa shape index (κ2) is 8.77. The Morgan fingerprint density at radius 2 is 1.86 bits per heavy atom. The van der Waals surface area contributed by atoms with Crippen molar-refractivity contribution >= 4 is 57.9 Å². The van der Waals surface area contributed by atoms with Gasteiger partial charge in [-0.25, -0.2) is 0 Å². The van der Waals surface area contributed by atoms with Gasteiger partial charge in [-0.3, -0.25) is 14.5 Å². The number of imide groups is 1. The molecule has 1 saturated heterocycles. The fraction of sp³-hybridized carbons (Fsp3) is 0.158. The molecule has 1 aliphatic heterocycles. The van der Waals surface area contributed by atoms with Gasteiger partial charge in [-0.05, 0) is 48.2 Å². The second-order valence-corrected chi connectivity index (χ2v) is 7.49. The van der Waals surface area contributed by atoms with E-state index in [0.717, 1.165) is 16.7 Å². The van der Waals surface area contributed by atoms with E-state index < -0.39 is 0 Å². The van der Waals surface area contributed by atoms with E-state index in [2.05, 4.69) is 5.32 Å². The van der Waals surface area contributed by atoms with Gasteiger partial charge in [-0.15, -0.1) is 0 Å². The molecule has 3 rings (SSSR count). The van der Waals surface area contributed by atoms with Crippen LogP contribution in [0.15, 0.2) is 41.3 Å². The average molecular weight is 439 g/mol. The van der Waals surface area contributed by atoms with Crippen LogP contribution in [0.25, 0.3) is 6.08 Å². The van der Waals surface area contributed by atoms with Crippen molar-refractivity contribution in [3.63, 3.8) is 0 Å². The first kappa shape index (κ1) is 20.4. The molecular weight excluding hydrogens is 423 g/mol. The van der Waals surface area contributed by atoms with Crippen LogP contribution < -0.4 is 14.8 Å². The Morgan fingerprint density at radius 1 is 1.07 bits per heavy atom. The monoisotopic (exact) mass is 438 g/mol. The van der Waals surface area contributed by atoms with Crippen LogP contribution in [0.1, 0.15) is 5.56 Å². The molecule has 6 nitrogen and oxygen atoms in total. The fourth-order valence-corrected chi connectivity index (χ4v) is 3.62. The predicted octanol–water partition coefficient (Wildman–Crippen LogP) is 5.12. The lowest BCUT2D eigenvalue weighted by molar-refractivity contribution is -0.122. The van der Waals surface area contributed by atoms with E-state index in [1.165, 1.54) is 7.11 Å². The van der Waals surface area contributed by atoms with Crippen molar-refractivity contribution in [1.29, 1.82) is 0 Å². The number of carbonyl (C=O) groups is 2. The Morgan fingerprint density at radius 3 is 2.54 bits per heavy atom. The van der Waals surface area contributed by atoms with E-state index in [1.807, 2.05) is 0 Å². The summed E-state index contributed by atoms with van der Waals surface area (Å²) in [5, 5.41) is 3.44. The number of nitrogens with zero attached hydrogens (tertiary/aromatic N) is 1. The van der Waals surface area contributed by atoms with Gasteiger partial charge in [0.05, 0.1) is 35.8 Å². The molecule has 0 spiro atoms. The van der Waals surface area contributed by atoms with E-state index in [0.29, 0.717) is 37.7 Å². The second-order valence-electron chi connectivity index (χ2n) is 5.68. The summed E-state index contributed by atoms with van der Waals surface area (Å²) in [7, 11) is 3.08. The van der Waals surface area contributed by atoms with Crippen molar-refractivity contribution in [2.75, 3.05) is 26.2 Å². The molecule has 1 fully saturated rings. The number of benzene rings is 2. The number of thioether (sulfide) groups is 1. The summed E-state index contributed by atoms with van der Waals surface area (Å²) in [5.41, 5.74) is 1.32. The molecule has 2 aromatic carbocycles. The Balaban J connectivity index is 1.76. The molecule has 2 amide bonds. The highest BCUT2D eigenvalue weighted by molar-refractivity contribution is 8.18. The molecule has 0 bridgehead atoms. The van der Waals surface area contributed by atoms with Crippen molar-refractivity contribution < 1.29 is 19.1 Å². The average Bonchev–Trinajstić information content (AvgIpc) is 2.96. The molecule has 146 valence electrons. The van der Waals surface area contributed by atoms with Crippen molar-refractivity contribution in [3.05, 3.63) is 56.9 Å². The van der Waals surface area contributed by atoms with Gasteiger partial charge < -0.3 is 14.8 Å². The van der Waals surface area contributed by atoms with E-state index in [9.17, 15) is 9.59 Å². The highest BCUT2D eigenvalue weighted by Gasteiger charge is 2.35. The summed E-state index contributed by atoms with van der Waals surface area (Å²) in [6.07, 6.45) is 1.63. The first-order valence-electron chi connectivity index (χ1n) is 8.09. The lowest BCUT2D eigenvalue weighted by atomic mass is 10.1. The van der Waals surface area contributed by atoms with Crippen molar-refractivity contribution in [3.8, 4) is 11.5 Å². The number of hydrogen-bond donors (Lipinski definition) is 1. The minimum Gasteiger partial charge on any atom is -0.497 e. The van der Waals surface area contributed by atoms with Crippen LogP contribution in [0.5, 0.6) is 11.5 Å². The predicted molar refractivity (Wildman–Crippen MR) is 112 cm³/mol. The molecule has 1 N–H and O–H groups in total. The number of hydrogen-bond acceptors (Lipinski definition) is 6. The van der Waals surface area contributed by atoms with Crippen LogP contribution in [-0.4, -0.2) is 36.9 Å². The van der Waals surface area contributed by atoms with Crippen LogP contribution in [0.2, 0.25) is 10.0 Å². The zero-order valence-corrected chi connectivity index (χ0v) is 17.3. The van der Waals surface area contributed by atoms with Crippen LogP contribution >= 0.6 is 35.0 Å². The molecule has 0 atom stereocenters. The Labute approximate surface area is 176 Å². The summed E-state index contributed by atoms with van der Waals surface area (Å²) >= 11 is 12.7. The SMILES string of the molecule is COc1ccc(/C=C2\SC(=O)N(CNc3ccc(Cl)c(Cl)c3)C2=O)c(OC)c1. The van der Waals surface area contributed by atoms with Crippen molar-refractivity contribution in [2.45, 2.75) is 0 Å². The maximum absolute atomic E-state index is 12.6. The lowest BCUT2D eigenvalue weighted by Crippen LogP contribution is -2.33. The highest BCUT2D eigenvalue weighted by atomic mass is 35.5. The third-order valence-corrected chi connectivity index (χ3v) is 5.61. The molecule has 9 heteroatoms. The van der Waals surface area contributed by atoms with Crippen LogP contribution in [0.3, 0.4) is 0 Å². The third-order valence-electron chi connectivity index (χ3n) is 3.96. The van der Waals surface area contributed by atoms with Crippen molar-refractivity contribution in [1.82, 2.24) is 4.90 Å². The number of nitrogens with one attached hydrogen (secondary N) is 1. The van der Waals surface area contributed by atoms with Gasteiger partial charge in [0.15, 0.2) is 0 Å². The normalized spacial score (nSPS) is 15.3. The first-order chi connectivity index (χ1) is 13.4. The number of anilines is 1. The van der Waals surface area contributed by atoms with E-state index in [1.54, 1.807) is 49.6 Å². The smallest absolute Gasteiger partial charge is 0.295 e. The van der Waals surface area contributed by atoms with Crippen LogP contribution in [0, 0.1) is 0 Å². The Hall–Kier alpha value is -2.35. The van der Waals surface area contributed by atoms with E-state index in [4.69, 9.17) is 32.7 Å². The van der Waals surface area contributed by atoms with Crippen molar-refractivity contribution in [2.24, 2.45) is 0 Å². The number of carbonyl (C=O) groups excluding carboxylic acids is 2. The summed E-state index contributed by atoms with van der Waals surface area (Å²) in [6, 6.07) is 10.2. The molecule has 1 heterocycles. The maximum atomic E-state index is 12.6. The molecule has 28 heavy (non-hydrogen) atoms. The van der Waals surface area contributed by atoms with Crippen LogP contribution in [0.4, 0.5) is 10.5 Å². The standard InChI is InChI=1S/C19H16Cl2N2O4S/c1-26-13-5-3-11(16(9-13)27-2)7-17-18(24)23(19(25)28-17)10-22-12-4-6-14(20)15(21)8-12/h3-9,22H,10H2,1-2H3/b17-7-. The third kappa shape index (κ3) is 4.38. The van der Waals surface area contributed by atoms with Gasteiger partial charge in [0.25, 0.3) is 11.1 Å². The summed E-state index contributed by atoms with van der Waals surface area (Å²) in [6.45, 7) is 0.0136. The molecule has 0 aliphatic carbocycles. The Bertz CT molecular complexity index is 965. The quantitative estimate of drug-likeness (QED) is 0.631. The van der Waals surface area contributed by atoms with Gasteiger partial charge in [0, 0.05) is 17.3 Å². The van der Waals surface area contributed by atoms with Gasteiger partial charge in [-0.2, -0.15) is 0 Å².